The largest absolute Gasteiger partial charge is 0.354 e. The summed E-state index contributed by atoms with van der Waals surface area (Å²) in [6, 6.07) is 0.354. The first-order valence-corrected chi connectivity index (χ1v) is 5.47. The Labute approximate surface area is 97.2 Å². The lowest BCUT2D eigenvalue weighted by atomic mass is 10.2. The first kappa shape index (κ1) is 14.2. The van der Waals surface area contributed by atoms with E-state index in [0.29, 0.717) is 16.9 Å². The standard InChI is InChI=1S/C9H19NO2S2/c1-5-7(2)10(9(13)14)6-8(11-3)12-4/h7-8H,5-6H2,1-4H3,(H,13,14). The highest BCUT2D eigenvalue weighted by molar-refractivity contribution is 8.10. The normalized spacial score (nSPS) is 13.0. The van der Waals surface area contributed by atoms with Crippen molar-refractivity contribution in [2.75, 3.05) is 20.8 Å². The van der Waals surface area contributed by atoms with Gasteiger partial charge in [-0.3, -0.25) is 0 Å². The van der Waals surface area contributed by atoms with Gasteiger partial charge in [0.1, 0.15) is 4.32 Å². The van der Waals surface area contributed by atoms with Crippen molar-refractivity contribution in [3.05, 3.63) is 0 Å². The van der Waals surface area contributed by atoms with Crippen LogP contribution in [-0.4, -0.2) is 42.3 Å². The van der Waals surface area contributed by atoms with Crippen molar-refractivity contribution in [1.29, 1.82) is 0 Å². The van der Waals surface area contributed by atoms with Gasteiger partial charge in [-0.2, -0.15) is 0 Å². The fraction of sp³-hybridized carbons (Fsp3) is 0.889. The molecular formula is C9H19NO2S2. The van der Waals surface area contributed by atoms with Gasteiger partial charge in [-0.15, -0.1) is 12.6 Å². The molecule has 0 aliphatic rings. The van der Waals surface area contributed by atoms with E-state index in [1.807, 2.05) is 4.90 Å². The third-order valence-corrected chi connectivity index (χ3v) is 2.73. The topological polar surface area (TPSA) is 21.7 Å². The van der Waals surface area contributed by atoms with Crippen LogP contribution in [-0.2, 0) is 9.47 Å². The number of nitrogens with zero attached hydrogens (tertiary/aromatic N) is 1. The molecule has 0 saturated heterocycles. The highest BCUT2D eigenvalue weighted by Crippen LogP contribution is 2.09. The number of hydrogen-bond donors (Lipinski definition) is 1. The number of ether oxygens (including phenoxy) is 2. The first-order chi connectivity index (χ1) is 6.56. The summed E-state index contributed by atoms with van der Waals surface area (Å²) in [5, 5.41) is 0. The van der Waals surface area contributed by atoms with Gasteiger partial charge >= 0.3 is 0 Å². The minimum Gasteiger partial charge on any atom is -0.354 e. The molecule has 0 amide bonds. The van der Waals surface area contributed by atoms with Gasteiger partial charge in [0.2, 0.25) is 0 Å². The molecule has 3 nitrogen and oxygen atoms in total. The van der Waals surface area contributed by atoms with Crippen LogP contribution in [0.15, 0.2) is 0 Å². The second-order valence-corrected chi connectivity index (χ2v) is 4.21. The van der Waals surface area contributed by atoms with Gasteiger partial charge in [0.05, 0.1) is 6.54 Å². The molecule has 0 saturated carbocycles. The van der Waals surface area contributed by atoms with Crippen LogP contribution in [0.4, 0.5) is 0 Å². The molecule has 0 aromatic rings. The molecule has 1 atom stereocenters. The highest BCUT2D eigenvalue weighted by Gasteiger charge is 2.18. The van der Waals surface area contributed by atoms with Crippen LogP contribution in [0.3, 0.4) is 0 Å². The molecule has 14 heavy (non-hydrogen) atoms. The number of methoxy groups -OCH3 is 2. The minimum atomic E-state index is -0.255. The second-order valence-electron chi connectivity index (χ2n) is 3.09. The zero-order valence-corrected chi connectivity index (χ0v) is 10.9. The molecule has 0 aromatic carbocycles. The summed E-state index contributed by atoms with van der Waals surface area (Å²) in [5.41, 5.74) is 0. The van der Waals surface area contributed by atoms with Gasteiger partial charge in [-0.25, -0.2) is 0 Å². The van der Waals surface area contributed by atoms with Crippen LogP contribution in [0.1, 0.15) is 20.3 Å². The SMILES string of the molecule is CCC(C)N(CC(OC)OC)C(=S)S. The molecule has 0 aromatic heterocycles. The molecule has 0 spiro atoms. The Bertz CT molecular complexity index is 174. The van der Waals surface area contributed by atoms with Crippen molar-refractivity contribution in [2.24, 2.45) is 0 Å². The van der Waals surface area contributed by atoms with Gasteiger partial charge in [0.15, 0.2) is 6.29 Å². The van der Waals surface area contributed by atoms with Crippen molar-refractivity contribution in [2.45, 2.75) is 32.6 Å². The van der Waals surface area contributed by atoms with E-state index in [4.69, 9.17) is 21.7 Å². The van der Waals surface area contributed by atoms with Gasteiger partial charge in [0.25, 0.3) is 0 Å². The lowest BCUT2D eigenvalue weighted by Gasteiger charge is -2.31. The molecule has 0 heterocycles. The fourth-order valence-electron chi connectivity index (χ4n) is 1.07. The monoisotopic (exact) mass is 237 g/mol. The maximum atomic E-state index is 5.12. The van der Waals surface area contributed by atoms with Crippen LogP contribution >= 0.6 is 24.8 Å². The van der Waals surface area contributed by atoms with E-state index in [1.165, 1.54) is 0 Å². The third-order valence-electron chi connectivity index (χ3n) is 2.24. The Kier molecular flexibility index (Phi) is 7.54. The highest BCUT2D eigenvalue weighted by atomic mass is 32.1. The summed E-state index contributed by atoms with van der Waals surface area (Å²) >= 11 is 9.24. The maximum Gasteiger partial charge on any atom is 0.174 e. The van der Waals surface area contributed by atoms with Crippen molar-refractivity contribution in [3.63, 3.8) is 0 Å². The van der Waals surface area contributed by atoms with Crippen LogP contribution in [0.5, 0.6) is 0 Å². The number of thiol groups is 1. The van der Waals surface area contributed by atoms with E-state index in [1.54, 1.807) is 14.2 Å². The molecule has 0 aliphatic heterocycles. The Morgan fingerprint density at radius 3 is 2.21 bits per heavy atom. The fourth-order valence-corrected chi connectivity index (χ4v) is 1.61. The van der Waals surface area contributed by atoms with Crippen LogP contribution in [0, 0.1) is 0 Å². The zero-order valence-electron chi connectivity index (χ0n) is 9.19. The van der Waals surface area contributed by atoms with Gasteiger partial charge < -0.3 is 14.4 Å². The van der Waals surface area contributed by atoms with E-state index >= 15 is 0 Å². The predicted molar refractivity (Wildman–Crippen MR) is 65.8 cm³/mol. The minimum absolute atomic E-state index is 0.255. The average Bonchev–Trinajstić information content (AvgIpc) is 2.18. The molecule has 0 bridgehead atoms. The molecule has 0 aliphatic carbocycles. The molecule has 0 radical (unpaired) electrons. The van der Waals surface area contributed by atoms with Crippen LogP contribution in [0.2, 0.25) is 0 Å². The molecule has 0 fully saturated rings. The quantitative estimate of drug-likeness (QED) is 0.433. The third kappa shape index (κ3) is 4.59. The summed E-state index contributed by atoms with van der Waals surface area (Å²) in [5.74, 6) is 0. The van der Waals surface area contributed by atoms with E-state index in [0.717, 1.165) is 6.42 Å². The van der Waals surface area contributed by atoms with Gasteiger partial charge in [0, 0.05) is 20.3 Å². The van der Waals surface area contributed by atoms with E-state index in [2.05, 4.69) is 26.5 Å². The number of thiocarbonyl (C=S) groups is 1. The van der Waals surface area contributed by atoms with Crippen LogP contribution < -0.4 is 0 Å². The average molecular weight is 237 g/mol. The van der Waals surface area contributed by atoms with Gasteiger partial charge in [-0.05, 0) is 13.3 Å². The summed E-state index contributed by atoms with van der Waals surface area (Å²) in [6.07, 6.45) is 0.759. The van der Waals surface area contributed by atoms with Crippen molar-refractivity contribution >= 4 is 29.2 Å². The van der Waals surface area contributed by atoms with Crippen LogP contribution in [0.25, 0.3) is 0 Å². The van der Waals surface area contributed by atoms with E-state index in [9.17, 15) is 0 Å². The summed E-state index contributed by atoms with van der Waals surface area (Å²) in [7, 11) is 3.23. The van der Waals surface area contributed by atoms with Crippen molar-refractivity contribution in [3.8, 4) is 0 Å². The van der Waals surface area contributed by atoms with E-state index in [-0.39, 0.29) is 6.29 Å². The Hall–Kier alpha value is 0.160. The molecule has 1 unspecified atom stereocenters. The smallest absolute Gasteiger partial charge is 0.174 e. The molecule has 5 heteroatoms. The lowest BCUT2D eigenvalue weighted by Crippen LogP contribution is -2.41. The summed E-state index contributed by atoms with van der Waals surface area (Å²) < 4.78 is 10.8. The summed E-state index contributed by atoms with van der Waals surface area (Å²) in [4.78, 5) is 2.00. The second kappa shape index (κ2) is 7.45. The number of rotatable bonds is 6. The number of hydrogen-bond acceptors (Lipinski definition) is 3. The molecule has 0 N–H and O–H groups in total. The van der Waals surface area contributed by atoms with Crippen molar-refractivity contribution < 1.29 is 9.47 Å². The molecule has 0 rings (SSSR count). The Morgan fingerprint density at radius 1 is 1.43 bits per heavy atom. The molecular weight excluding hydrogens is 218 g/mol. The lowest BCUT2D eigenvalue weighted by molar-refractivity contribution is -0.111. The van der Waals surface area contributed by atoms with Gasteiger partial charge in [-0.1, -0.05) is 19.1 Å². The summed E-state index contributed by atoms with van der Waals surface area (Å²) in [6.45, 7) is 4.83. The Balaban J connectivity index is 4.28. The predicted octanol–water partition coefficient (Wildman–Crippen LogP) is 1.92. The van der Waals surface area contributed by atoms with Crippen molar-refractivity contribution in [1.82, 2.24) is 4.90 Å². The Morgan fingerprint density at radius 2 is 1.93 bits per heavy atom. The molecule has 84 valence electrons. The van der Waals surface area contributed by atoms with E-state index < -0.39 is 0 Å². The first-order valence-electron chi connectivity index (χ1n) is 4.61. The zero-order chi connectivity index (χ0) is 11.1. The maximum absolute atomic E-state index is 5.12.